The third-order valence-electron chi connectivity index (χ3n) is 5.01. The molecule has 0 aromatic heterocycles. The summed E-state index contributed by atoms with van der Waals surface area (Å²) < 4.78 is 0. The van der Waals surface area contributed by atoms with Gasteiger partial charge in [-0.1, -0.05) is 140 Å². The second-order valence-electron chi connectivity index (χ2n) is 7.50. The van der Waals surface area contributed by atoms with Crippen molar-refractivity contribution in [2.45, 2.75) is 91.4 Å². The second-order valence-corrected chi connectivity index (χ2v) is 7.50. The minimum absolute atomic E-state index is 1.04. The Kier molecular flexibility index (Phi) is 13.0. The first-order valence-corrected chi connectivity index (χ1v) is 10.7. The lowest BCUT2D eigenvalue weighted by Crippen LogP contribution is -1.99. The van der Waals surface area contributed by atoms with Crippen LogP contribution in [0.4, 0.5) is 0 Å². The van der Waals surface area contributed by atoms with Crippen molar-refractivity contribution in [3.8, 4) is 0 Å². The van der Waals surface area contributed by atoms with Gasteiger partial charge in [0, 0.05) is 0 Å². The summed E-state index contributed by atoms with van der Waals surface area (Å²) in [4.78, 5) is 0. The van der Waals surface area contributed by atoms with Crippen LogP contribution in [0.2, 0.25) is 0 Å². The summed E-state index contributed by atoms with van der Waals surface area (Å²) in [7, 11) is 0. The number of fused-ring (bicyclic) bond motifs is 1. The van der Waals surface area contributed by atoms with Crippen LogP contribution in [-0.4, -0.2) is 0 Å². The molecule has 0 atom stereocenters. The van der Waals surface area contributed by atoms with E-state index in [0.717, 1.165) is 5.92 Å². The molecule has 2 aromatic carbocycles. The zero-order chi connectivity index (χ0) is 18.2. The van der Waals surface area contributed by atoms with Crippen molar-refractivity contribution in [1.29, 1.82) is 0 Å². The van der Waals surface area contributed by atoms with Crippen LogP contribution >= 0.6 is 0 Å². The van der Waals surface area contributed by atoms with E-state index in [2.05, 4.69) is 69.3 Å². The highest BCUT2D eigenvalue weighted by Gasteiger charge is 2.05. The fourth-order valence-corrected chi connectivity index (χ4v) is 3.29. The van der Waals surface area contributed by atoms with Gasteiger partial charge in [-0.3, -0.25) is 0 Å². The zero-order valence-electron chi connectivity index (χ0n) is 17.0. The highest BCUT2D eigenvalue weighted by atomic mass is 14.1. The fraction of sp³-hybridized carbons (Fsp3) is 0.600. The Hall–Kier alpha value is -1.30. The van der Waals surface area contributed by atoms with E-state index in [-0.39, 0.29) is 0 Å². The molecule has 1 fully saturated rings. The van der Waals surface area contributed by atoms with Crippen molar-refractivity contribution in [1.82, 2.24) is 0 Å². The number of unbranched alkanes of at least 4 members (excludes halogenated alkanes) is 5. The fourth-order valence-electron chi connectivity index (χ4n) is 3.29. The summed E-state index contributed by atoms with van der Waals surface area (Å²) in [6.07, 6.45) is 15.9. The van der Waals surface area contributed by atoms with Crippen molar-refractivity contribution in [2.24, 2.45) is 5.92 Å². The van der Waals surface area contributed by atoms with Gasteiger partial charge in [-0.25, -0.2) is 0 Å². The number of benzene rings is 2. The smallest absolute Gasteiger partial charge is 0.0184 e. The molecule has 0 spiro atoms. The van der Waals surface area contributed by atoms with Gasteiger partial charge in [0.2, 0.25) is 0 Å². The van der Waals surface area contributed by atoms with E-state index in [4.69, 9.17) is 0 Å². The molecular weight excluding hydrogens is 300 g/mol. The number of hydrogen-bond acceptors (Lipinski definition) is 0. The minimum atomic E-state index is 1.04. The van der Waals surface area contributed by atoms with E-state index in [1.807, 2.05) is 0 Å². The number of rotatable bonds is 5. The summed E-state index contributed by atoms with van der Waals surface area (Å²) >= 11 is 0. The molecule has 1 aliphatic rings. The standard InChI is InChI=1S/C10H8.C8H18.C7H14/c1-2-6-10-8-4-3-7-9(10)5-1;1-3-5-7-8-6-4-2;1-7-5-3-2-4-6-7/h1-8H;3-8H2,1-2H3;7H,2-6H2,1H3. The molecule has 25 heavy (non-hydrogen) atoms. The van der Waals surface area contributed by atoms with E-state index in [1.165, 1.54) is 81.4 Å². The zero-order valence-corrected chi connectivity index (χ0v) is 17.0. The third-order valence-corrected chi connectivity index (χ3v) is 5.01. The van der Waals surface area contributed by atoms with Crippen LogP contribution in [0.25, 0.3) is 10.8 Å². The van der Waals surface area contributed by atoms with Crippen molar-refractivity contribution >= 4 is 10.8 Å². The molecule has 0 heterocycles. The Bertz CT molecular complexity index is 451. The van der Waals surface area contributed by atoms with Crippen molar-refractivity contribution < 1.29 is 0 Å². The maximum Gasteiger partial charge on any atom is -0.0184 e. The molecule has 0 radical (unpaired) electrons. The molecule has 0 saturated heterocycles. The maximum atomic E-state index is 2.36. The molecule has 0 unspecified atom stereocenters. The molecular formula is C25H40. The van der Waals surface area contributed by atoms with E-state index < -0.39 is 0 Å². The van der Waals surface area contributed by atoms with Crippen molar-refractivity contribution in [3.63, 3.8) is 0 Å². The predicted molar refractivity (Wildman–Crippen MR) is 115 cm³/mol. The largest absolute Gasteiger partial charge is 0.0654 e. The van der Waals surface area contributed by atoms with Gasteiger partial charge in [-0.05, 0) is 16.7 Å². The van der Waals surface area contributed by atoms with Gasteiger partial charge in [0.1, 0.15) is 0 Å². The van der Waals surface area contributed by atoms with E-state index >= 15 is 0 Å². The van der Waals surface area contributed by atoms with Gasteiger partial charge in [-0.2, -0.15) is 0 Å². The third kappa shape index (κ3) is 11.0. The van der Waals surface area contributed by atoms with E-state index in [0.29, 0.717) is 0 Å². The summed E-state index contributed by atoms with van der Waals surface area (Å²) in [5.41, 5.74) is 0. The predicted octanol–water partition coefficient (Wildman–Crippen LogP) is 8.79. The molecule has 1 aliphatic carbocycles. The summed E-state index contributed by atoms with van der Waals surface area (Å²) in [6.45, 7) is 6.87. The quantitative estimate of drug-likeness (QED) is 0.477. The first kappa shape index (κ1) is 21.7. The van der Waals surface area contributed by atoms with Crippen LogP contribution in [0.3, 0.4) is 0 Å². The summed E-state index contributed by atoms with van der Waals surface area (Å²) in [5, 5.41) is 2.62. The maximum absolute atomic E-state index is 2.36. The Labute approximate surface area is 157 Å². The molecule has 0 nitrogen and oxygen atoms in total. The Morgan fingerprint density at radius 1 is 0.640 bits per heavy atom. The van der Waals surface area contributed by atoms with E-state index in [9.17, 15) is 0 Å². The minimum Gasteiger partial charge on any atom is -0.0654 e. The second kappa shape index (κ2) is 15.0. The van der Waals surface area contributed by atoms with Crippen LogP contribution < -0.4 is 0 Å². The highest BCUT2D eigenvalue weighted by Crippen LogP contribution is 2.22. The lowest BCUT2D eigenvalue weighted by atomic mass is 9.91. The van der Waals surface area contributed by atoms with Gasteiger partial charge >= 0.3 is 0 Å². The monoisotopic (exact) mass is 340 g/mol. The summed E-state index contributed by atoms with van der Waals surface area (Å²) in [5.74, 6) is 1.04. The molecule has 0 aliphatic heterocycles. The molecule has 140 valence electrons. The average molecular weight is 341 g/mol. The summed E-state index contributed by atoms with van der Waals surface area (Å²) in [6, 6.07) is 16.7. The lowest BCUT2D eigenvalue weighted by molar-refractivity contribution is 0.385. The Balaban J connectivity index is 0.000000192. The van der Waals surface area contributed by atoms with Gasteiger partial charge in [0.25, 0.3) is 0 Å². The van der Waals surface area contributed by atoms with Crippen LogP contribution in [0, 0.1) is 5.92 Å². The SMILES string of the molecule is CC1CCCCC1.CCCCCCCC.c1ccc2ccccc2c1. The normalized spacial score (nSPS) is 14.2. The molecule has 1 saturated carbocycles. The van der Waals surface area contributed by atoms with Gasteiger partial charge in [-0.15, -0.1) is 0 Å². The van der Waals surface area contributed by atoms with Crippen LogP contribution in [0.15, 0.2) is 48.5 Å². The van der Waals surface area contributed by atoms with Gasteiger partial charge in [0.05, 0.1) is 0 Å². The van der Waals surface area contributed by atoms with Gasteiger partial charge < -0.3 is 0 Å². The first-order valence-electron chi connectivity index (χ1n) is 10.7. The Morgan fingerprint density at radius 2 is 1.04 bits per heavy atom. The number of hydrogen-bond donors (Lipinski definition) is 0. The first-order chi connectivity index (χ1) is 12.3. The topological polar surface area (TPSA) is 0 Å². The molecule has 3 rings (SSSR count). The van der Waals surface area contributed by atoms with Crippen molar-refractivity contribution in [2.75, 3.05) is 0 Å². The van der Waals surface area contributed by atoms with Crippen LogP contribution in [0.5, 0.6) is 0 Å². The van der Waals surface area contributed by atoms with Crippen molar-refractivity contribution in [3.05, 3.63) is 48.5 Å². The van der Waals surface area contributed by atoms with E-state index in [1.54, 1.807) is 0 Å². The lowest BCUT2D eigenvalue weighted by Gasteiger charge is -2.15. The molecule has 0 amide bonds. The van der Waals surface area contributed by atoms with Crippen LogP contribution in [0.1, 0.15) is 91.4 Å². The average Bonchev–Trinajstić information content (AvgIpc) is 2.67. The molecule has 2 aromatic rings. The molecule has 0 bridgehead atoms. The molecule has 0 heteroatoms. The molecule has 0 N–H and O–H groups in total. The van der Waals surface area contributed by atoms with Gasteiger partial charge in [0.15, 0.2) is 0 Å². The highest BCUT2D eigenvalue weighted by molar-refractivity contribution is 5.81. The van der Waals surface area contributed by atoms with Crippen LogP contribution in [-0.2, 0) is 0 Å². The Morgan fingerprint density at radius 3 is 1.32 bits per heavy atom.